The molecule has 0 amide bonds. The third kappa shape index (κ3) is 1.48. The number of H-pyrrole nitrogens is 1. The normalized spacial score (nSPS) is 12.0. The van der Waals surface area contributed by atoms with Gasteiger partial charge in [-0.3, -0.25) is 0 Å². The number of para-hydroxylation sites is 1. The average molecular weight is 292 g/mol. The first-order valence-electron chi connectivity index (χ1n) is 6.82. The first-order valence-corrected chi connectivity index (χ1v) is 7.20. The van der Waals surface area contributed by atoms with E-state index >= 15 is 0 Å². The Hall–Kier alpha value is -2.45. The Labute approximate surface area is 124 Å². The van der Waals surface area contributed by atoms with Gasteiger partial charge in [-0.05, 0) is 30.3 Å². The van der Waals surface area contributed by atoms with Gasteiger partial charge < -0.3 is 9.40 Å². The van der Waals surface area contributed by atoms with Gasteiger partial charge in [0.1, 0.15) is 11.2 Å². The van der Waals surface area contributed by atoms with Crippen LogP contribution in [-0.4, -0.2) is 4.98 Å². The summed E-state index contributed by atoms with van der Waals surface area (Å²) in [6.07, 6.45) is 0. The van der Waals surface area contributed by atoms with E-state index in [1.165, 1.54) is 5.39 Å². The van der Waals surface area contributed by atoms with E-state index in [1.54, 1.807) is 0 Å². The van der Waals surface area contributed by atoms with Crippen molar-refractivity contribution in [1.29, 1.82) is 0 Å². The number of rotatable bonds is 0. The molecule has 0 aliphatic carbocycles. The number of aromatic amines is 1. The summed E-state index contributed by atoms with van der Waals surface area (Å²) in [6.45, 7) is 0. The van der Waals surface area contributed by atoms with Crippen molar-refractivity contribution in [2.75, 3.05) is 0 Å². The Kier molecular flexibility index (Phi) is 2.04. The van der Waals surface area contributed by atoms with E-state index in [9.17, 15) is 0 Å². The van der Waals surface area contributed by atoms with Crippen LogP contribution in [0.5, 0.6) is 0 Å². The molecule has 0 spiro atoms. The lowest BCUT2D eigenvalue weighted by atomic mass is 10.1. The van der Waals surface area contributed by atoms with Crippen LogP contribution in [0.15, 0.2) is 59.0 Å². The van der Waals surface area contributed by atoms with Gasteiger partial charge in [0.15, 0.2) is 0 Å². The zero-order chi connectivity index (χ0) is 14.0. The van der Waals surface area contributed by atoms with Crippen molar-refractivity contribution in [3.63, 3.8) is 0 Å². The summed E-state index contributed by atoms with van der Waals surface area (Å²) in [5, 5.41) is 5.35. The van der Waals surface area contributed by atoms with Crippen LogP contribution in [0.1, 0.15) is 0 Å². The molecule has 2 heterocycles. The van der Waals surface area contributed by atoms with Crippen LogP contribution in [0, 0.1) is 0 Å². The van der Waals surface area contributed by atoms with E-state index in [0.717, 1.165) is 43.4 Å². The molecule has 0 saturated carbocycles. The lowest BCUT2D eigenvalue weighted by molar-refractivity contribution is 0.669. The van der Waals surface area contributed by atoms with Gasteiger partial charge in [-0.15, -0.1) is 0 Å². The van der Waals surface area contributed by atoms with Crippen molar-refractivity contribution in [2.45, 2.75) is 0 Å². The maximum Gasteiger partial charge on any atom is 0.137 e. The number of halogens is 1. The topological polar surface area (TPSA) is 28.9 Å². The van der Waals surface area contributed by atoms with Crippen LogP contribution in [0.4, 0.5) is 0 Å². The Bertz CT molecular complexity index is 1150. The summed E-state index contributed by atoms with van der Waals surface area (Å²) in [4.78, 5) is 3.42. The molecule has 21 heavy (non-hydrogen) atoms. The van der Waals surface area contributed by atoms with E-state index in [-0.39, 0.29) is 0 Å². The maximum absolute atomic E-state index is 6.14. The standard InChI is InChI=1S/C18H10ClNO/c19-10-5-6-15-12(7-10)13-8-14-11-3-1-2-4-17(11)21-18(14)9-16(13)20-15/h1-9,20H. The Morgan fingerprint density at radius 1 is 0.714 bits per heavy atom. The lowest BCUT2D eigenvalue weighted by Crippen LogP contribution is -1.69. The Balaban J connectivity index is 2.03. The number of benzene rings is 3. The van der Waals surface area contributed by atoms with Gasteiger partial charge in [-0.2, -0.15) is 0 Å². The molecule has 5 aromatic rings. The van der Waals surface area contributed by atoms with Crippen LogP contribution in [0.2, 0.25) is 5.02 Å². The Morgan fingerprint density at radius 3 is 2.52 bits per heavy atom. The third-order valence-corrected chi connectivity index (χ3v) is 4.29. The van der Waals surface area contributed by atoms with Crippen molar-refractivity contribution in [1.82, 2.24) is 4.98 Å². The van der Waals surface area contributed by atoms with E-state index in [2.05, 4.69) is 23.2 Å². The van der Waals surface area contributed by atoms with Crippen molar-refractivity contribution in [3.05, 3.63) is 59.6 Å². The van der Waals surface area contributed by atoms with Gasteiger partial charge in [-0.25, -0.2) is 0 Å². The molecule has 0 radical (unpaired) electrons. The molecule has 0 atom stereocenters. The first kappa shape index (κ1) is 11.2. The monoisotopic (exact) mass is 291 g/mol. The molecule has 2 aromatic heterocycles. The molecular formula is C18H10ClNO. The summed E-state index contributed by atoms with van der Waals surface area (Å²) < 4.78 is 5.93. The molecule has 100 valence electrons. The van der Waals surface area contributed by atoms with Gasteiger partial charge in [0.2, 0.25) is 0 Å². The summed E-state index contributed by atoms with van der Waals surface area (Å²) in [5.74, 6) is 0. The molecule has 0 bridgehead atoms. The number of hydrogen-bond donors (Lipinski definition) is 1. The second-order valence-corrected chi connectivity index (χ2v) is 5.74. The fraction of sp³-hybridized carbons (Fsp3) is 0. The molecule has 0 unspecified atom stereocenters. The fourth-order valence-corrected chi connectivity index (χ4v) is 3.26. The fourth-order valence-electron chi connectivity index (χ4n) is 3.09. The molecule has 0 aliphatic rings. The number of furan rings is 1. The van der Waals surface area contributed by atoms with Gasteiger partial charge in [0.05, 0.1) is 5.52 Å². The van der Waals surface area contributed by atoms with Crippen LogP contribution in [-0.2, 0) is 0 Å². The van der Waals surface area contributed by atoms with E-state index < -0.39 is 0 Å². The second kappa shape index (κ2) is 3.80. The van der Waals surface area contributed by atoms with Gasteiger partial charge in [-0.1, -0.05) is 29.8 Å². The molecule has 0 fully saturated rings. The molecular weight excluding hydrogens is 282 g/mol. The van der Waals surface area contributed by atoms with E-state index in [4.69, 9.17) is 16.0 Å². The minimum Gasteiger partial charge on any atom is -0.456 e. The predicted octanol–water partition coefficient (Wildman–Crippen LogP) is 5.87. The van der Waals surface area contributed by atoms with Crippen LogP contribution in [0.3, 0.4) is 0 Å². The summed E-state index contributed by atoms with van der Waals surface area (Å²) in [6, 6.07) is 18.3. The van der Waals surface area contributed by atoms with Crippen LogP contribution >= 0.6 is 11.6 Å². The smallest absolute Gasteiger partial charge is 0.137 e. The molecule has 5 rings (SSSR count). The second-order valence-electron chi connectivity index (χ2n) is 5.31. The first-order chi connectivity index (χ1) is 10.3. The van der Waals surface area contributed by atoms with Crippen LogP contribution < -0.4 is 0 Å². The van der Waals surface area contributed by atoms with Crippen molar-refractivity contribution in [3.8, 4) is 0 Å². The number of aromatic nitrogens is 1. The predicted molar refractivity (Wildman–Crippen MR) is 88.1 cm³/mol. The Morgan fingerprint density at radius 2 is 1.57 bits per heavy atom. The zero-order valence-electron chi connectivity index (χ0n) is 11.0. The minimum absolute atomic E-state index is 0.751. The summed E-state index contributed by atoms with van der Waals surface area (Å²) in [7, 11) is 0. The van der Waals surface area contributed by atoms with Crippen LogP contribution in [0.25, 0.3) is 43.7 Å². The highest BCUT2D eigenvalue weighted by Crippen LogP contribution is 2.35. The molecule has 2 nitrogen and oxygen atoms in total. The maximum atomic E-state index is 6.14. The molecule has 0 aliphatic heterocycles. The van der Waals surface area contributed by atoms with Crippen molar-refractivity contribution >= 4 is 55.3 Å². The largest absolute Gasteiger partial charge is 0.456 e. The number of hydrogen-bond acceptors (Lipinski definition) is 1. The van der Waals surface area contributed by atoms with Gasteiger partial charge in [0.25, 0.3) is 0 Å². The lowest BCUT2D eigenvalue weighted by Gasteiger charge is -1.93. The molecule has 3 aromatic carbocycles. The number of nitrogens with one attached hydrogen (secondary N) is 1. The number of fused-ring (bicyclic) bond motifs is 6. The molecule has 3 heteroatoms. The summed E-state index contributed by atoms with van der Waals surface area (Å²) in [5.41, 5.74) is 3.98. The molecule has 0 saturated heterocycles. The van der Waals surface area contributed by atoms with Gasteiger partial charge in [0, 0.05) is 38.2 Å². The quantitative estimate of drug-likeness (QED) is 0.379. The summed E-state index contributed by atoms with van der Waals surface area (Å²) >= 11 is 6.14. The average Bonchev–Trinajstić information content (AvgIpc) is 3.02. The van der Waals surface area contributed by atoms with E-state index in [1.807, 2.05) is 36.4 Å². The third-order valence-electron chi connectivity index (χ3n) is 4.06. The molecule has 1 N–H and O–H groups in total. The SMILES string of the molecule is Clc1ccc2[nH]c3cc4oc5ccccc5c4cc3c2c1. The van der Waals surface area contributed by atoms with E-state index in [0.29, 0.717) is 0 Å². The van der Waals surface area contributed by atoms with Crippen molar-refractivity contribution < 1.29 is 4.42 Å². The highest BCUT2D eigenvalue weighted by atomic mass is 35.5. The minimum atomic E-state index is 0.751. The van der Waals surface area contributed by atoms with Crippen molar-refractivity contribution in [2.24, 2.45) is 0 Å². The highest BCUT2D eigenvalue weighted by molar-refractivity contribution is 6.32. The zero-order valence-corrected chi connectivity index (χ0v) is 11.7. The highest BCUT2D eigenvalue weighted by Gasteiger charge is 2.11. The van der Waals surface area contributed by atoms with Gasteiger partial charge >= 0.3 is 0 Å².